The van der Waals surface area contributed by atoms with Crippen LogP contribution in [0.4, 0.5) is 0 Å². The van der Waals surface area contributed by atoms with Crippen molar-refractivity contribution in [2.45, 2.75) is 6.92 Å². The van der Waals surface area contributed by atoms with Gasteiger partial charge in [-0.2, -0.15) is 0 Å². The van der Waals surface area contributed by atoms with Crippen LogP contribution in [0, 0.1) is 0 Å². The summed E-state index contributed by atoms with van der Waals surface area (Å²) in [5.41, 5.74) is 0. The number of rotatable bonds is 0. The van der Waals surface area contributed by atoms with Crippen LogP contribution >= 0.6 is 11.6 Å². The van der Waals surface area contributed by atoms with Crippen molar-refractivity contribution in [2.75, 3.05) is 0 Å². The Labute approximate surface area is 98.8 Å². The topological polar surface area (TPSA) is 40.1 Å². The summed E-state index contributed by atoms with van der Waals surface area (Å²) in [7, 11) is 0. The Morgan fingerprint density at radius 1 is 1.33 bits per heavy atom. The fourth-order valence-corrected chi connectivity index (χ4v) is 0.560. The van der Waals surface area contributed by atoms with Gasteiger partial charge in [0.1, 0.15) is 0 Å². The van der Waals surface area contributed by atoms with Crippen molar-refractivity contribution in [3.63, 3.8) is 0 Å². The molecule has 2 nitrogen and oxygen atoms in total. The van der Waals surface area contributed by atoms with E-state index in [0.29, 0.717) is 0 Å². The van der Waals surface area contributed by atoms with Gasteiger partial charge >= 0.3 is 29.6 Å². The summed E-state index contributed by atoms with van der Waals surface area (Å²) >= 11 is 5.54. The van der Waals surface area contributed by atoms with Crippen molar-refractivity contribution in [2.24, 2.45) is 0 Å². The zero-order valence-corrected chi connectivity index (χ0v) is 9.84. The molecule has 0 heterocycles. The van der Waals surface area contributed by atoms with Gasteiger partial charge in [0.25, 0.3) is 0 Å². The number of halogens is 1. The molecule has 12 heavy (non-hydrogen) atoms. The van der Waals surface area contributed by atoms with Crippen LogP contribution in [0.2, 0.25) is 5.02 Å². The van der Waals surface area contributed by atoms with Gasteiger partial charge in [-0.1, -0.05) is 29.8 Å². The minimum Gasteiger partial charge on any atom is -0.550 e. The molecule has 0 aliphatic carbocycles. The quantitative estimate of drug-likeness (QED) is 0.453. The Morgan fingerprint density at radius 2 is 1.67 bits per heavy atom. The molecule has 0 aliphatic rings. The fourth-order valence-electron chi connectivity index (χ4n) is 0.415. The predicted molar refractivity (Wildman–Crippen MR) is 42.1 cm³/mol. The third-order valence-electron chi connectivity index (χ3n) is 0.733. The Bertz CT molecular complexity index is 210. The minimum atomic E-state index is -1.08. The third kappa shape index (κ3) is 12.6. The minimum absolute atomic E-state index is 0. The van der Waals surface area contributed by atoms with E-state index in [0.717, 1.165) is 11.9 Å². The number of carboxylic acid groups (broad SMARTS) is 1. The second-order valence-electron chi connectivity index (χ2n) is 1.79. The summed E-state index contributed by atoms with van der Waals surface area (Å²) in [4.78, 5) is 8.89. The summed E-state index contributed by atoms with van der Waals surface area (Å²) < 4.78 is 0. The van der Waals surface area contributed by atoms with Crippen LogP contribution < -0.4 is 34.7 Å². The van der Waals surface area contributed by atoms with E-state index in [1.807, 2.05) is 30.3 Å². The normalized spacial score (nSPS) is 7.17. The summed E-state index contributed by atoms with van der Waals surface area (Å²) in [5, 5.41) is 9.68. The molecule has 4 heteroatoms. The third-order valence-corrected chi connectivity index (χ3v) is 0.985. The molecule has 1 aromatic carbocycles. The van der Waals surface area contributed by atoms with Gasteiger partial charge < -0.3 is 9.90 Å². The van der Waals surface area contributed by atoms with Crippen LogP contribution in [0.25, 0.3) is 0 Å². The largest absolute Gasteiger partial charge is 1.00 e. The van der Waals surface area contributed by atoms with E-state index in [1.165, 1.54) is 0 Å². The molecule has 0 radical (unpaired) electrons. The van der Waals surface area contributed by atoms with Crippen LogP contribution in [0.5, 0.6) is 0 Å². The Hall–Kier alpha value is -0.0200. The Kier molecular flexibility index (Phi) is 11.0. The zero-order chi connectivity index (χ0) is 8.69. The molecule has 0 saturated heterocycles. The number of benzene rings is 1. The van der Waals surface area contributed by atoms with Crippen molar-refractivity contribution in [3.8, 4) is 0 Å². The van der Waals surface area contributed by atoms with Crippen LogP contribution in [0.15, 0.2) is 30.3 Å². The molecule has 1 aromatic rings. The number of hydrogen-bond acceptors (Lipinski definition) is 2. The van der Waals surface area contributed by atoms with Gasteiger partial charge in [-0.15, -0.1) is 0 Å². The van der Waals surface area contributed by atoms with Crippen molar-refractivity contribution >= 4 is 17.6 Å². The predicted octanol–water partition coefficient (Wildman–Crippen LogP) is -1.90. The van der Waals surface area contributed by atoms with Crippen molar-refractivity contribution in [1.29, 1.82) is 0 Å². The molecule has 0 aliphatic heterocycles. The molecule has 0 amide bonds. The molecule has 0 atom stereocenters. The monoisotopic (exact) mass is 194 g/mol. The van der Waals surface area contributed by atoms with Gasteiger partial charge in [-0.25, -0.2) is 0 Å². The van der Waals surface area contributed by atoms with Gasteiger partial charge in [0.05, 0.1) is 0 Å². The average molecular weight is 195 g/mol. The Morgan fingerprint density at radius 3 is 1.83 bits per heavy atom. The van der Waals surface area contributed by atoms with Gasteiger partial charge in [-0.3, -0.25) is 0 Å². The summed E-state index contributed by atoms with van der Waals surface area (Å²) in [6, 6.07) is 9.44. The number of hydrogen-bond donors (Lipinski definition) is 0. The maximum Gasteiger partial charge on any atom is 1.00 e. The molecule has 0 aromatic heterocycles. The molecule has 0 fully saturated rings. The first kappa shape index (κ1) is 14.5. The molecule has 1 rings (SSSR count). The molecule has 0 saturated carbocycles. The van der Waals surface area contributed by atoms with Crippen LogP contribution in [0.3, 0.4) is 0 Å². The van der Waals surface area contributed by atoms with Gasteiger partial charge in [0.15, 0.2) is 0 Å². The van der Waals surface area contributed by atoms with Gasteiger partial charge in [-0.05, 0) is 19.1 Å². The van der Waals surface area contributed by atoms with E-state index >= 15 is 0 Å². The standard InChI is InChI=1S/C6H5Cl.C2H4O2.Na/c7-6-4-2-1-3-5-6;1-2(3)4;/h1-5H;1H3,(H,3,4);/q;;+1/p-1. The van der Waals surface area contributed by atoms with Gasteiger partial charge in [0, 0.05) is 11.0 Å². The molecule has 0 bridgehead atoms. The summed E-state index contributed by atoms with van der Waals surface area (Å²) in [6.07, 6.45) is 0. The number of carbonyl (C=O) groups is 1. The summed E-state index contributed by atoms with van der Waals surface area (Å²) in [5.74, 6) is -1.08. The molecule has 0 unspecified atom stereocenters. The smallest absolute Gasteiger partial charge is 0.550 e. The van der Waals surface area contributed by atoms with E-state index < -0.39 is 5.97 Å². The van der Waals surface area contributed by atoms with Crippen LogP contribution in [-0.4, -0.2) is 5.97 Å². The van der Waals surface area contributed by atoms with E-state index in [2.05, 4.69) is 0 Å². The number of carbonyl (C=O) groups excluding carboxylic acids is 1. The zero-order valence-electron chi connectivity index (χ0n) is 7.08. The van der Waals surface area contributed by atoms with E-state index in [-0.39, 0.29) is 29.6 Å². The fraction of sp³-hybridized carbons (Fsp3) is 0.125. The maximum atomic E-state index is 8.89. The number of aliphatic carboxylic acids is 1. The first-order valence-corrected chi connectivity index (χ1v) is 3.39. The van der Waals surface area contributed by atoms with Gasteiger partial charge in [0.2, 0.25) is 0 Å². The number of carboxylic acids is 1. The van der Waals surface area contributed by atoms with Crippen molar-refractivity contribution < 1.29 is 39.5 Å². The van der Waals surface area contributed by atoms with Crippen LogP contribution in [0.1, 0.15) is 6.92 Å². The molecule has 60 valence electrons. The summed E-state index contributed by atoms with van der Waals surface area (Å²) in [6.45, 7) is 0.972. The second kappa shape index (κ2) is 9.07. The Balaban J connectivity index is 0. The maximum absolute atomic E-state index is 8.89. The molecular formula is C8H8ClNaO2. The molecular weight excluding hydrogens is 187 g/mol. The van der Waals surface area contributed by atoms with E-state index in [9.17, 15) is 0 Å². The van der Waals surface area contributed by atoms with Crippen LogP contribution in [-0.2, 0) is 4.79 Å². The van der Waals surface area contributed by atoms with Crippen molar-refractivity contribution in [3.05, 3.63) is 35.4 Å². The first-order valence-electron chi connectivity index (χ1n) is 3.01. The molecule has 0 spiro atoms. The second-order valence-corrected chi connectivity index (χ2v) is 2.22. The average Bonchev–Trinajstić information content (AvgIpc) is 1.87. The van der Waals surface area contributed by atoms with E-state index in [1.54, 1.807) is 0 Å². The van der Waals surface area contributed by atoms with E-state index in [4.69, 9.17) is 21.5 Å². The first-order chi connectivity index (χ1) is 5.13. The van der Waals surface area contributed by atoms with Crippen molar-refractivity contribution in [1.82, 2.24) is 0 Å². The SMILES string of the molecule is CC(=O)[O-].Clc1ccccc1.[Na+]. The molecule has 0 N–H and O–H groups in total.